The van der Waals surface area contributed by atoms with Crippen LogP contribution < -0.4 is 11.1 Å². The summed E-state index contributed by atoms with van der Waals surface area (Å²) in [5.74, 6) is -0.250. The number of rotatable bonds is 8. The lowest BCUT2D eigenvalue weighted by molar-refractivity contribution is -0.131. The fraction of sp³-hybridized carbons (Fsp3) is 0.625. The van der Waals surface area contributed by atoms with E-state index < -0.39 is 0 Å². The van der Waals surface area contributed by atoms with Crippen LogP contribution in [-0.2, 0) is 20.8 Å². The lowest BCUT2D eigenvalue weighted by Gasteiger charge is -2.32. The summed E-state index contributed by atoms with van der Waals surface area (Å²) >= 11 is 0. The van der Waals surface area contributed by atoms with Crippen molar-refractivity contribution in [3.05, 3.63) is 18.0 Å². The number of piperidine rings is 1. The van der Waals surface area contributed by atoms with Gasteiger partial charge in [0.15, 0.2) is 0 Å². The van der Waals surface area contributed by atoms with Crippen LogP contribution in [0.5, 0.6) is 0 Å². The van der Waals surface area contributed by atoms with Gasteiger partial charge in [0.1, 0.15) is 0 Å². The zero-order chi connectivity index (χ0) is 17.4. The van der Waals surface area contributed by atoms with Crippen LogP contribution in [0.3, 0.4) is 0 Å². The second kappa shape index (κ2) is 9.05. The lowest BCUT2D eigenvalue weighted by Crippen LogP contribution is -2.46. The maximum atomic E-state index is 12.2. The molecule has 0 atom stereocenters. The van der Waals surface area contributed by atoms with E-state index in [1.807, 2.05) is 4.90 Å². The van der Waals surface area contributed by atoms with Crippen LogP contribution in [0.1, 0.15) is 44.2 Å². The number of carbonyl (C=O) groups excluding carboxylic acids is 3. The van der Waals surface area contributed by atoms with Crippen molar-refractivity contribution >= 4 is 17.7 Å². The zero-order valence-corrected chi connectivity index (χ0v) is 13.8. The van der Waals surface area contributed by atoms with Crippen molar-refractivity contribution in [2.24, 2.45) is 5.73 Å². The third-order valence-electron chi connectivity index (χ3n) is 4.19. The summed E-state index contributed by atoms with van der Waals surface area (Å²) < 4.78 is 0. The summed E-state index contributed by atoms with van der Waals surface area (Å²) in [6, 6.07) is 1.91. The second-order valence-corrected chi connectivity index (χ2v) is 6.15. The van der Waals surface area contributed by atoms with Crippen LogP contribution >= 0.6 is 0 Å². The number of hydrogen-bond acceptors (Lipinski definition) is 4. The molecule has 4 N–H and O–H groups in total. The molecular weight excluding hydrogens is 310 g/mol. The summed E-state index contributed by atoms with van der Waals surface area (Å²) in [5.41, 5.74) is 5.87. The molecule has 8 heteroatoms. The van der Waals surface area contributed by atoms with E-state index in [-0.39, 0.29) is 23.8 Å². The van der Waals surface area contributed by atoms with Crippen molar-refractivity contribution in [2.45, 2.75) is 51.0 Å². The van der Waals surface area contributed by atoms with Crippen LogP contribution in [0.2, 0.25) is 0 Å². The van der Waals surface area contributed by atoms with Gasteiger partial charge in [-0.15, -0.1) is 0 Å². The predicted octanol–water partition coefficient (Wildman–Crippen LogP) is 0.105. The molecule has 1 aromatic heterocycles. The number of aromatic nitrogens is 2. The maximum Gasteiger partial charge on any atom is 0.228 e. The van der Waals surface area contributed by atoms with Gasteiger partial charge < -0.3 is 16.0 Å². The molecule has 2 rings (SSSR count). The van der Waals surface area contributed by atoms with Crippen LogP contribution in [0, 0.1) is 0 Å². The first kappa shape index (κ1) is 18.0. The number of H-pyrrole nitrogens is 1. The number of primary amides is 1. The first-order chi connectivity index (χ1) is 11.5. The molecule has 1 fully saturated rings. The predicted molar refractivity (Wildman–Crippen MR) is 87.7 cm³/mol. The molecule has 0 bridgehead atoms. The van der Waals surface area contributed by atoms with Crippen LogP contribution in [0.25, 0.3) is 0 Å². The molecular formula is C16H25N5O3. The molecule has 1 saturated heterocycles. The highest BCUT2D eigenvalue weighted by molar-refractivity contribution is 5.79. The van der Waals surface area contributed by atoms with Crippen molar-refractivity contribution in [3.63, 3.8) is 0 Å². The fourth-order valence-electron chi connectivity index (χ4n) is 2.82. The molecule has 3 amide bonds. The Morgan fingerprint density at radius 1 is 1.25 bits per heavy atom. The summed E-state index contributed by atoms with van der Waals surface area (Å²) in [7, 11) is 0. The maximum absolute atomic E-state index is 12.2. The minimum Gasteiger partial charge on any atom is -0.370 e. The Morgan fingerprint density at radius 2 is 1.96 bits per heavy atom. The van der Waals surface area contributed by atoms with E-state index in [4.69, 9.17) is 5.73 Å². The van der Waals surface area contributed by atoms with Crippen molar-refractivity contribution in [2.75, 3.05) is 13.1 Å². The Bertz CT molecular complexity index is 550. The van der Waals surface area contributed by atoms with E-state index in [1.165, 1.54) is 0 Å². The van der Waals surface area contributed by atoms with Gasteiger partial charge in [-0.3, -0.25) is 19.5 Å². The van der Waals surface area contributed by atoms with Gasteiger partial charge in [0, 0.05) is 43.9 Å². The van der Waals surface area contributed by atoms with E-state index in [0.717, 1.165) is 18.5 Å². The Morgan fingerprint density at radius 3 is 2.58 bits per heavy atom. The number of aromatic amines is 1. The number of amides is 3. The molecule has 132 valence electrons. The molecule has 1 aliphatic heterocycles. The first-order valence-corrected chi connectivity index (χ1v) is 8.38. The molecule has 0 saturated carbocycles. The molecule has 0 aromatic carbocycles. The fourth-order valence-corrected chi connectivity index (χ4v) is 2.82. The highest BCUT2D eigenvalue weighted by atomic mass is 16.2. The number of hydrogen-bond donors (Lipinski definition) is 3. The molecule has 24 heavy (non-hydrogen) atoms. The molecule has 8 nitrogen and oxygen atoms in total. The van der Waals surface area contributed by atoms with E-state index in [9.17, 15) is 14.4 Å². The topological polar surface area (TPSA) is 121 Å². The van der Waals surface area contributed by atoms with Gasteiger partial charge in [-0.2, -0.15) is 5.10 Å². The molecule has 1 aliphatic rings. The Kier molecular flexibility index (Phi) is 6.77. The summed E-state index contributed by atoms with van der Waals surface area (Å²) in [4.78, 5) is 36.5. The number of nitrogens with one attached hydrogen (secondary N) is 2. The van der Waals surface area contributed by atoms with E-state index in [0.29, 0.717) is 45.2 Å². The summed E-state index contributed by atoms with van der Waals surface area (Å²) in [6.07, 6.45) is 5.53. The minimum absolute atomic E-state index is 0.00158. The standard InChI is InChI=1S/C16H25N5O3/c17-14(22)3-1-2-4-15(23)19-12-6-9-21(10-7-12)16(24)11-13-5-8-18-20-13/h5,8,12H,1-4,6-7,9-11H2,(H2,17,22)(H,18,20)(H,19,23). The van der Waals surface area contributed by atoms with Gasteiger partial charge in [0.05, 0.1) is 6.42 Å². The van der Waals surface area contributed by atoms with Gasteiger partial charge >= 0.3 is 0 Å². The average molecular weight is 335 g/mol. The van der Waals surface area contributed by atoms with Gasteiger partial charge in [0.2, 0.25) is 17.7 Å². The normalized spacial score (nSPS) is 15.2. The third-order valence-corrected chi connectivity index (χ3v) is 4.19. The molecule has 0 aliphatic carbocycles. The highest BCUT2D eigenvalue weighted by Crippen LogP contribution is 2.12. The monoisotopic (exact) mass is 335 g/mol. The lowest BCUT2D eigenvalue weighted by atomic mass is 10.0. The van der Waals surface area contributed by atoms with E-state index in [1.54, 1.807) is 12.3 Å². The van der Waals surface area contributed by atoms with Gasteiger partial charge in [0.25, 0.3) is 0 Å². The summed E-state index contributed by atoms with van der Waals surface area (Å²) in [5, 5.41) is 9.63. The second-order valence-electron chi connectivity index (χ2n) is 6.15. The van der Waals surface area contributed by atoms with Crippen molar-refractivity contribution in [3.8, 4) is 0 Å². The molecule has 0 radical (unpaired) electrons. The highest BCUT2D eigenvalue weighted by Gasteiger charge is 2.23. The van der Waals surface area contributed by atoms with Gasteiger partial charge in [-0.25, -0.2) is 0 Å². The Labute approximate surface area is 141 Å². The molecule has 0 spiro atoms. The smallest absolute Gasteiger partial charge is 0.228 e. The first-order valence-electron chi connectivity index (χ1n) is 8.38. The van der Waals surface area contributed by atoms with Crippen molar-refractivity contribution in [1.29, 1.82) is 0 Å². The summed E-state index contributed by atoms with van der Waals surface area (Å²) in [6.45, 7) is 1.30. The number of likely N-dealkylation sites (tertiary alicyclic amines) is 1. The number of unbranched alkanes of at least 4 members (excludes halogenated alkanes) is 1. The quantitative estimate of drug-likeness (QED) is 0.584. The Hall–Kier alpha value is -2.38. The van der Waals surface area contributed by atoms with Gasteiger partial charge in [-0.05, 0) is 31.7 Å². The average Bonchev–Trinajstić information content (AvgIpc) is 3.05. The largest absolute Gasteiger partial charge is 0.370 e. The number of nitrogens with two attached hydrogens (primary N) is 1. The van der Waals surface area contributed by atoms with Crippen LogP contribution in [0.4, 0.5) is 0 Å². The van der Waals surface area contributed by atoms with Crippen LogP contribution in [-0.4, -0.2) is 52.0 Å². The van der Waals surface area contributed by atoms with Crippen LogP contribution in [0.15, 0.2) is 12.3 Å². The van der Waals surface area contributed by atoms with Crippen molar-refractivity contribution in [1.82, 2.24) is 20.4 Å². The van der Waals surface area contributed by atoms with E-state index >= 15 is 0 Å². The van der Waals surface area contributed by atoms with Crippen molar-refractivity contribution < 1.29 is 14.4 Å². The minimum atomic E-state index is -0.331. The Balaban J connectivity index is 1.62. The third kappa shape index (κ3) is 6.02. The molecule has 0 unspecified atom stereocenters. The SMILES string of the molecule is NC(=O)CCCCC(=O)NC1CCN(C(=O)Cc2ccn[nH]2)CC1. The number of nitrogens with zero attached hydrogens (tertiary/aromatic N) is 2. The van der Waals surface area contributed by atoms with Gasteiger partial charge in [-0.1, -0.05) is 0 Å². The zero-order valence-electron chi connectivity index (χ0n) is 13.8. The molecule has 2 heterocycles. The number of carbonyl (C=O) groups is 3. The van der Waals surface area contributed by atoms with E-state index in [2.05, 4.69) is 15.5 Å². The molecule has 1 aromatic rings.